The highest BCUT2D eigenvalue weighted by Gasteiger charge is 2.17. The van der Waals surface area contributed by atoms with Gasteiger partial charge in [-0.3, -0.25) is 4.79 Å². The summed E-state index contributed by atoms with van der Waals surface area (Å²) >= 11 is 6.01. The van der Waals surface area contributed by atoms with E-state index in [4.69, 9.17) is 16.3 Å². The van der Waals surface area contributed by atoms with Crippen LogP contribution in [0.5, 0.6) is 5.75 Å². The summed E-state index contributed by atoms with van der Waals surface area (Å²) in [6, 6.07) is 24.0. The monoisotopic (exact) mass is 419 g/mol. The molecule has 1 heterocycles. The standard InChI is InChI=1S/C22H18ClN5O2/c23-18-8-6-17(7-9-18)22(16-4-2-1-3-5-16)25-21(29)14-30-20-12-10-19(11-13-20)28-15-24-26-27-28/h1-13,15,22H,14H2,(H,25,29)/t22-/m1/s1. The Morgan fingerprint density at radius 3 is 2.33 bits per heavy atom. The van der Waals surface area contributed by atoms with Crippen LogP contribution in [0.2, 0.25) is 5.02 Å². The van der Waals surface area contributed by atoms with Crippen LogP contribution in [-0.2, 0) is 4.79 Å². The third-order valence-electron chi connectivity index (χ3n) is 4.46. The largest absolute Gasteiger partial charge is 0.484 e. The SMILES string of the molecule is O=C(COc1ccc(-n2cnnn2)cc1)N[C@H](c1ccccc1)c1ccc(Cl)cc1. The summed E-state index contributed by atoms with van der Waals surface area (Å²) in [5.74, 6) is 0.341. The summed E-state index contributed by atoms with van der Waals surface area (Å²) < 4.78 is 7.17. The Kier molecular flexibility index (Phi) is 6.01. The van der Waals surface area contributed by atoms with Crippen LogP contribution in [0.3, 0.4) is 0 Å². The summed E-state index contributed by atoms with van der Waals surface area (Å²) in [5, 5.41) is 14.7. The minimum absolute atomic E-state index is 0.110. The fraction of sp³-hybridized carbons (Fsp3) is 0.0909. The lowest BCUT2D eigenvalue weighted by Crippen LogP contribution is -2.33. The topological polar surface area (TPSA) is 81.9 Å². The molecule has 0 saturated heterocycles. The first-order valence-corrected chi connectivity index (χ1v) is 9.63. The molecule has 4 rings (SSSR count). The van der Waals surface area contributed by atoms with Gasteiger partial charge in [0.25, 0.3) is 5.91 Å². The maximum atomic E-state index is 12.6. The summed E-state index contributed by atoms with van der Waals surface area (Å²) in [6.07, 6.45) is 1.50. The average Bonchev–Trinajstić information content (AvgIpc) is 3.33. The Labute approximate surface area is 178 Å². The fourth-order valence-corrected chi connectivity index (χ4v) is 3.11. The summed E-state index contributed by atoms with van der Waals surface area (Å²) in [7, 11) is 0. The van der Waals surface area contributed by atoms with Gasteiger partial charge in [0, 0.05) is 5.02 Å². The number of hydrogen-bond donors (Lipinski definition) is 1. The van der Waals surface area contributed by atoms with E-state index in [-0.39, 0.29) is 18.6 Å². The first kappa shape index (κ1) is 19.6. The van der Waals surface area contributed by atoms with Gasteiger partial charge in [-0.2, -0.15) is 0 Å². The van der Waals surface area contributed by atoms with Crippen molar-refractivity contribution >= 4 is 17.5 Å². The van der Waals surface area contributed by atoms with Gasteiger partial charge in [0.1, 0.15) is 12.1 Å². The van der Waals surface area contributed by atoms with Crippen molar-refractivity contribution < 1.29 is 9.53 Å². The van der Waals surface area contributed by atoms with Crippen molar-refractivity contribution in [3.05, 3.63) is 101 Å². The van der Waals surface area contributed by atoms with Gasteiger partial charge in [-0.1, -0.05) is 54.1 Å². The molecule has 1 aromatic heterocycles. The molecule has 8 heteroatoms. The predicted octanol–water partition coefficient (Wildman–Crippen LogP) is 3.60. The van der Waals surface area contributed by atoms with Crippen LogP contribution in [0.1, 0.15) is 17.2 Å². The fourth-order valence-electron chi connectivity index (χ4n) is 2.99. The molecular formula is C22H18ClN5O2. The number of nitrogens with zero attached hydrogens (tertiary/aromatic N) is 4. The Bertz CT molecular complexity index is 1080. The van der Waals surface area contributed by atoms with E-state index in [1.54, 1.807) is 12.1 Å². The third kappa shape index (κ3) is 4.82. The van der Waals surface area contributed by atoms with Gasteiger partial charge in [-0.15, -0.1) is 5.10 Å². The van der Waals surface area contributed by atoms with Crippen LogP contribution in [0, 0.1) is 0 Å². The second kappa shape index (κ2) is 9.19. The van der Waals surface area contributed by atoms with E-state index in [1.807, 2.05) is 66.7 Å². The van der Waals surface area contributed by atoms with Crippen LogP contribution < -0.4 is 10.1 Å². The summed E-state index contributed by atoms with van der Waals surface area (Å²) in [5.41, 5.74) is 2.70. The minimum atomic E-state index is -0.304. The van der Waals surface area contributed by atoms with Gasteiger partial charge in [0.05, 0.1) is 11.7 Å². The molecule has 0 aliphatic heterocycles. The molecular weight excluding hydrogens is 402 g/mol. The van der Waals surface area contributed by atoms with Crippen molar-refractivity contribution in [2.75, 3.05) is 6.61 Å². The molecule has 1 atom stereocenters. The van der Waals surface area contributed by atoms with E-state index in [0.717, 1.165) is 16.8 Å². The molecule has 0 fully saturated rings. The summed E-state index contributed by atoms with van der Waals surface area (Å²) in [6.45, 7) is -0.110. The van der Waals surface area contributed by atoms with Crippen LogP contribution in [0.15, 0.2) is 85.2 Å². The van der Waals surface area contributed by atoms with Crippen molar-refractivity contribution in [2.45, 2.75) is 6.04 Å². The van der Waals surface area contributed by atoms with Gasteiger partial charge < -0.3 is 10.1 Å². The van der Waals surface area contributed by atoms with E-state index in [0.29, 0.717) is 10.8 Å². The van der Waals surface area contributed by atoms with Crippen molar-refractivity contribution in [1.82, 2.24) is 25.5 Å². The van der Waals surface area contributed by atoms with Gasteiger partial charge in [0.2, 0.25) is 0 Å². The first-order chi connectivity index (χ1) is 14.7. The Balaban J connectivity index is 1.42. The number of ether oxygens (including phenoxy) is 1. The highest BCUT2D eigenvalue weighted by molar-refractivity contribution is 6.30. The lowest BCUT2D eigenvalue weighted by atomic mass is 9.99. The molecule has 3 aromatic carbocycles. The van der Waals surface area contributed by atoms with E-state index in [2.05, 4.69) is 20.8 Å². The lowest BCUT2D eigenvalue weighted by Gasteiger charge is -2.20. The highest BCUT2D eigenvalue weighted by atomic mass is 35.5. The second-order valence-corrected chi connectivity index (χ2v) is 6.94. The first-order valence-electron chi connectivity index (χ1n) is 9.25. The predicted molar refractivity (Wildman–Crippen MR) is 113 cm³/mol. The zero-order valence-corrected chi connectivity index (χ0v) is 16.6. The van der Waals surface area contributed by atoms with Crippen molar-refractivity contribution in [2.24, 2.45) is 0 Å². The molecule has 1 N–H and O–H groups in total. The van der Waals surface area contributed by atoms with Crippen LogP contribution in [0.25, 0.3) is 5.69 Å². The van der Waals surface area contributed by atoms with Crippen molar-refractivity contribution in [3.63, 3.8) is 0 Å². The van der Waals surface area contributed by atoms with E-state index < -0.39 is 0 Å². The van der Waals surface area contributed by atoms with E-state index in [1.165, 1.54) is 11.0 Å². The third-order valence-corrected chi connectivity index (χ3v) is 4.71. The van der Waals surface area contributed by atoms with Gasteiger partial charge >= 0.3 is 0 Å². The number of benzene rings is 3. The number of nitrogens with one attached hydrogen (secondary N) is 1. The number of tetrazole rings is 1. The Morgan fingerprint density at radius 1 is 0.967 bits per heavy atom. The van der Waals surface area contributed by atoms with Crippen molar-refractivity contribution in [1.29, 1.82) is 0 Å². The second-order valence-electron chi connectivity index (χ2n) is 6.50. The minimum Gasteiger partial charge on any atom is -0.484 e. The number of aromatic nitrogens is 4. The molecule has 4 aromatic rings. The number of rotatable bonds is 7. The lowest BCUT2D eigenvalue weighted by molar-refractivity contribution is -0.123. The van der Waals surface area contributed by atoms with Gasteiger partial charge in [0.15, 0.2) is 6.61 Å². The molecule has 0 aliphatic carbocycles. The zero-order chi connectivity index (χ0) is 20.8. The average molecular weight is 420 g/mol. The van der Waals surface area contributed by atoms with Gasteiger partial charge in [-0.05, 0) is 58.0 Å². The quantitative estimate of drug-likeness (QED) is 0.495. The smallest absolute Gasteiger partial charge is 0.258 e. The molecule has 0 spiro atoms. The van der Waals surface area contributed by atoms with Crippen LogP contribution in [0.4, 0.5) is 0 Å². The van der Waals surface area contributed by atoms with E-state index in [9.17, 15) is 4.79 Å². The molecule has 0 aliphatic rings. The van der Waals surface area contributed by atoms with Crippen LogP contribution in [-0.4, -0.2) is 32.7 Å². The highest BCUT2D eigenvalue weighted by Crippen LogP contribution is 2.23. The molecule has 0 unspecified atom stereocenters. The molecule has 0 saturated carbocycles. The number of hydrogen-bond acceptors (Lipinski definition) is 5. The maximum absolute atomic E-state index is 12.6. The Morgan fingerprint density at radius 2 is 1.67 bits per heavy atom. The number of carbonyl (C=O) groups is 1. The zero-order valence-electron chi connectivity index (χ0n) is 15.9. The number of carbonyl (C=O) groups excluding carboxylic acids is 1. The van der Waals surface area contributed by atoms with Gasteiger partial charge in [-0.25, -0.2) is 4.68 Å². The van der Waals surface area contributed by atoms with E-state index >= 15 is 0 Å². The normalized spacial score (nSPS) is 11.6. The number of halogens is 1. The molecule has 0 radical (unpaired) electrons. The molecule has 30 heavy (non-hydrogen) atoms. The van der Waals surface area contributed by atoms with Crippen LogP contribution >= 0.6 is 11.6 Å². The molecule has 150 valence electrons. The Hall–Kier alpha value is -3.71. The molecule has 7 nitrogen and oxygen atoms in total. The molecule has 0 bridgehead atoms. The maximum Gasteiger partial charge on any atom is 0.258 e. The summed E-state index contributed by atoms with van der Waals surface area (Å²) in [4.78, 5) is 12.6. The molecule has 1 amide bonds. The van der Waals surface area contributed by atoms with Crippen molar-refractivity contribution in [3.8, 4) is 11.4 Å². The number of amides is 1.